The summed E-state index contributed by atoms with van der Waals surface area (Å²) in [6, 6.07) is 12.4. The van der Waals surface area contributed by atoms with Crippen LogP contribution in [0.1, 0.15) is 55.6 Å². The Hall–Kier alpha value is -2.80. The lowest BCUT2D eigenvalue weighted by Gasteiger charge is -2.41. The Kier molecular flexibility index (Phi) is 7.08. The maximum absolute atomic E-state index is 13.6. The van der Waals surface area contributed by atoms with Gasteiger partial charge in [-0.25, -0.2) is 4.39 Å². The van der Waals surface area contributed by atoms with Crippen LogP contribution < -0.4 is 0 Å². The number of aromatic nitrogens is 1. The molecule has 0 radical (unpaired) electrons. The van der Waals surface area contributed by atoms with Gasteiger partial charge in [0.05, 0.1) is 11.7 Å². The molecule has 2 aliphatic heterocycles. The average molecular weight is 454 g/mol. The van der Waals surface area contributed by atoms with Crippen molar-refractivity contribution in [1.29, 1.82) is 0 Å². The highest BCUT2D eigenvalue weighted by atomic mass is 19.1. The SMILES string of the molecule is COCC(=O)N1CCC(C)(C(=O)N2CCC[C@H]2c2cccc(Cc3cccc(F)c3)n2)CC1. The highest BCUT2D eigenvalue weighted by Crippen LogP contribution is 2.39. The predicted molar refractivity (Wildman–Crippen MR) is 123 cm³/mol. The molecule has 1 aromatic heterocycles. The minimum absolute atomic E-state index is 0.0228. The van der Waals surface area contributed by atoms with E-state index in [2.05, 4.69) is 0 Å². The van der Waals surface area contributed by atoms with Gasteiger partial charge in [-0.2, -0.15) is 0 Å². The molecular weight excluding hydrogens is 421 g/mol. The van der Waals surface area contributed by atoms with Crippen LogP contribution in [-0.4, -0.2) is 59.9 Å². The summed E-state index contributed by atoms with van der Waals surface area (Å²) in [5, 5.41) is 0. The summed E-state index contributed by atoms with van der Waals surface area (Å²) in [4.78, 5) is 34.4. The number of carbonyl (C=O) groups is 2. The number of ether oxygens (including phenoxy) is 1. The number of hydrogen-bond acceptors (Lipinski definition) is 4. The van der Waals surface area contributed by atoms with Crippen molar-refractivity contribution in [1.82, 2.24) is 14.8 Å². The zero-order valence-corrected chi connectivity index (χ0v) is 19.4. The van der Waals surface area contributed by atoms with Gasteiger partial charge in [0, 0.05) is 44.3 Å². The number of methoxy groups -OCH3 is 1. The fourth-order valence-corrected chi connectivity index (χ4v) is 4.98. The normalized spacial score (nSPS) is 20.2. The molecule has 1 atom stereocenters. The minimum Gasteiger partial charge on any atom is -0.375 e. The number of piperidine rings is 1. The monoisotopic (exact) mass is 453 g/mol. The van der Waals surface area contributed by atoms with E-state index in [1.165, 1.54) is 19.2 Å². The Bertz CT molecular complexity index is 1000. The quantitative estimate of drug-likeness (QED) is 0.668. The Morgan fingerprint density at radius 3 is 2.64 bits per heavy atom. The Morgan fingerprint density at radius 1 is 1.15 bits per heavy atom. The van der Waals surface area contributed by atoms with Crippen LogP contribution in [0.2, 0.25) is 0 Å². The molecule has 7 heteroatoms. The van der Waals surface area contributed by atoms with Crippen molar-refractivity contribution < 1.29 is 18.7 Å². The van der Waals surface area contributed by atoms with Gasteiger partial charge in [-0.1, -0.05) is 25.1 Å². The fourth-order valence-electron chi connectivity index (χ4n) is 4.98. The van der Waals surface area contributed by atoms with E-state index in [9.17, 15) is 14.0 Å². The maximum atomic E-state index is 13.6. The van der Waals surface area contributed by atoms with Gasteiger partial charge in [0.1, 0.15) is 12.4 Å². The second-order valence-electron chi connectivity index (χ2n) is 9.39. The van der Waals surface area contributed by atoms with Gasteiger partial charge >= 0.3 is 0 Å². The van der Waals surface area contributed by atoms with Gasteiger partial charge in [0.2, 0.25) is 11.8 Å². The van der Waals surface area contributed by atoms with Gasteiger partial charge in [0.15, 0.2) is 0 Å². The van der Waals surface area contributed by atoms with Crippen molar-refractivity contribution in [2.75, 3.05) is 33.4 Å². The van der Waals surface area contributed by atoms with Gasteiger partial charge in [0.25, 0.3) is 0 Å². The average Bonchev–Trinajstić information content (AvgIpc) is 3.29. The molecule has 0 bridgehead atoms. The Balaban J connectivity index is 1.45. The molecule has 4 rings (SSSR count). The lowest BCUT2D eigenvalue weighted by Crippen LogP contribution is -2.50. The number of rotatable bonds is 6. The molecule has 0 spiro atoms. The maximum Gasteiger partial charge on any atom is 0.248 e. The van der Waals surface area contributed by atoms with Gasteiger partial charge in [-0.3, -0.25) is 14.6 Å². The van der Waals surface area contributed by atoms with Crippen LogP contribution in [0.25, 0.3) is 0 Å². The molecule has 2 fully saturated rings. The van der Waals surface area contributed by atoms with Crippen LogP contribution >= 0.6 is 0 Å². The number of amides is 2. The summed E-state index contributed by atoms with van der Waals surface area (Å²) in [7, 11) is 1.52. The summed E-state index contributed by atoms with van der Waals surface area (Å²) in [6.07, 6.45) is 3.68. The molecule has 176 valence electrons. The second kappa shape index (κ2) is 10.00. The fraction of sp³-hybridized carbons (Fsp3) is 0.500. The van der Waals surface area contributed by atoms with E-state index in [-0.39, 0.29) is 30.3 Å². The first-order valence-corrected chi connectivity index (χ1v) is 11.7. The summed E-state index contributed by atoms with van der Waals surface area (Å²) in [5.74, 6) is -0.119. The van der Waals surface area contributed by atoms with Crippen molar-refractivity contribution in [3.05, 3.63) is 65.2 Å². The van der Waals surface area contributed by atoms with Crippen LogP contribution in [0.5, 0.6) is 0 Å². The van der Waals surface area contributed by atoms with Crippen LogP contribution in [0, 0.1) is 11.2 Å². The smallest absolute Gasteiger partial charge is 0.248 e. The zero-order chi connectivity index (χ0) is 23.4. The van der Waals surface area contributed by atoms with E-state index in [0.29, 0.717) is 32.4 Å². The minimum atomic E-state index is -0.481. The van der Waals surface area contributed by atoms with E-state index in [0.717, 1.165) is 36.3 Å². The number of pyridine rings is 1. The molecule has 0 aliphatic carbocycles. The summed E-state index contributed by atoms with van der Waals surface area (Å²) >= 11 is 0. The van der Waals surface area contributed by atoms with Gasteiger partial charge in [-0.05, 0) is 55.5 Å². The Labute approximate surface area is 194 Å². The number of hydrogen-bond donors (Lipinski definition) is 0. The summed E-state index contributed by atoms with van der Waals surface area (Å²) < 4.78 is 18.5. The molecule has 6 nitrogen and oxygen atoms in total. The molecule has 0 unspecified atom stereocenters. The van der Waals surface area contributed by atoms with Crippen molar-refractivity contribution in [3.63, 3.8) is 0 Å². The van der Waals surface area contributed by atoms with Crippen LogP contribution in [-0.2, 0) is 20.7 Å². The molecule has 2 aliphatic rings. The number of halogens is 1. The topological polar surface area (TPSA) is 62.7 Å². The van der Waals surface area contributed by atoms with Crippen molar-refractivity contribution >= 4 is 11.8 Å². The van der Waals surface area contributed by atoms with Crippen molar-refractivity contribution in [2.24, 2.45) is 5.41 Å². The lowest BCUT2D eigenvalue weighted by atomic mass is 9.78. The van der Waals surface area contributed by atoms with E-state index in [1.807, 2.05) is 36.1 Å². The van der Waals surface area contributed by atoms with Crippen LogP contribution in [0.4, 0.5) is 4.39 Å². The first-order valence-electron chi connectivity index (χ1n) is 11.7. The third-order valence-corrected chi connectivity index (χ3v) is 6.96. The third-order valence-electron chi connectivity index (χ3n) is 6.96. The lowest BCUT2D eigenvalue weighted by molar-refractivity contribution is -0.149. The number of likely N-dealkylation sites (tertiary alicyclic amines) is 2. The molecular formula is C26H32FN3O3. The molecule has 2 aromatic rings. The number of nitrogens with zero attached hydrogens (tertiary/aromatic N) is 3. The molecule has 2 amide bonds. The Morgan fingerprint density at radius 2 is 1.91 bits per heavy atom. The molecule has 33 heavy (non-hydrogen) atoms. The zero-order valence-electron chi connectivity index (χ0n) is 19.4. The number of carbonyl (C=O) groups excluding carboxylic acids is 2. The van der Waals surface area contributed by atoms with E-state index >= 15 is 0 Å². The molecule has 0 saturated carbocycles. The van der Waals surface area contributed by atoms with E-state index < -0.39 is 5.41 Å². The van der Waals surface area contributed by atoms with Gasteiger partial charge in [-0.15, -0.1) is 0 Å². The summed E-state index contributed by atoms with van der Waals surface area (Å²) in [6.45, 7) is 3.98. The summed E-state index contributed by atoms with van der Waals surface area (Å²) in [5.41, 5.74) is 2.16. The molecule has 2 saturated heterocycles. The van der Waals surface area contributed by atoms with Crippen LogP contribution in [0.15, 0.2) is 42.5 Å². The first-order chi connectivity index (χ1) is 15.9. The molecule has 0 N–H and O–H groups in total. The highest BCUT2D eigenvalue weighted by molar-refractivity contribution is 5.84. The van der Waals surface area contributed by atoms with Crippen LogP contribution in [0.3, 0.4) is 0 Å². The second-order valence-corrected chi connectivity index (χ2v) is 9.39. The van der Waals surface area contributed by atoms with E-state index in [1.54, 1.807) is 11.0 Å². The largest absolute Gasteiger partial charge is 0.375 e. The van der Waals surface area contributed by atoms with E-state index in [4.69, 9.17) is 9.72 Å². The number of benzene rings is 1. The van der Waals surface area contributed by atoms with Gasteiger partial charge < -0.3 is 14.5 Å². The standard InChI is InChI=1S/C26H32FN3O3/c1-26(11-14-29(15-12-26)24(31)18-33-2)25(32)30-13-5-10-23(30)22-9-4-8-21(28-22)17-19-6-3-7-20(27)16-19/h3-4,6-9,16,23H,5,10-15,17-18H2,1-2H3/t23-/m0/s1. The highest BCUT2D eigenvalue weighted by Gasteiger charge is 2.43. The van der Waals surface area contributed by atoms with Crippen molar-refractivity contribution in [3.8, 4) is 0 Å². The molecule has 1 aromatic carbocycles. The first kappa shape index (κ1) is 23.4. The third kappa shape index (κ3) is 5.24. The molecule has 3 heterocycles. The predicted octanol–water partition coefficient (Wildman–Crippen LogP) is 3.75. The van der Waals surface area contributed by atoms with Crippen molar-refractivity contribution in [2.45, 2.75) is 45.1 Å².